The van der Waals surface area contributed by atoms with Crippen LogP contribution in [0.5, 0.6) is 0 Å². The Morgan fingerprint density at radius 2 is 1.86 bits per heavy atom. The highest BCUT2D eigenvalue weighted by Crippen LogP contribution is 2.29. The van der Waals surface area contributed by atoms with Crippen LogP contribution in [0.15, 0.2) is 53.3 Å². The molecule has 1 aromatic heterocycles. The van der Waals surface area contributed by atoms with E-state index in [9.17, 15) is 4.79 Å². The van der Waals surface area contributed by atoms with Crippen LogP contribution in [0.3, 0.4) is 0 Å². The normalized spacial score (nSPS) is 19.5. The Morgan fingerprint density at radius 1 is 1.07 bits per heavy atom. The molecule has 1 aliphatic rings. The Balaban J connectivity index is 1.68. The summed E-state index contributed by atoms with van der Waals surface area (Å²) in [7, 11) is 0. The second-order valence-electron chi connectivity index (χ2n) is 8.23. The van der Waals surface area contributed by atoms with E-state index in [4.69, 9.17) is 22.3 Å². The van der Waals surface area contributed by atoms with Crippen LogP contribution in [-0.4, -0.2) is 16.1 Å². The lowest BCUT2D eigenvalue weighted by molar-refractivity contribution is 0.244. The van der Waals surface area contributed by atoms with Crippen LogP contribution in [0.2, 0.25) is 5.02 Å². The number of rotatable bonds is 6. The van der Waals surface area contributed by atoms with E-state index in [0.29, 0.717) is 22.2 Å². The SMILES string of the molecule is NCC1CCCC(Cn2c(CCc3ccccc3)nc3ccc(Cl)cc3c2=O)C1. The van der Waals surface area contributed by atoms with Gasteiger partial charge in [0, 0.05) is 18.0 Å². The van der Waals surface area contributed by atoms with Crippen molar-refractivity contribution >= 4 is 22.5 Å². The summed E-state index contributed by atoms with van der Waals surface area (Å²) in [5, 5.41) is 1.17. The van der Waals surface area contributed by atoms with Gasteiger partial charge in [-0.3, -0.25) is 9.36 Å². The van der Waals surface area contributed by atoms with Gasteiger partial charge in [-0.2, -0.15) is 0 Å². The van der Waals surface area contributed by atoms with E-state index in [1.54, 1.807) is 12.1 Å². The largest absolute Gasteiger partial charge is 0.330 e. The summed E-state index contributed by atoms with van der Waals surface area (Å²) in [4.78, 5) is 18.3. The van der Waals surface area contributed by atoms with E-state index in [-0.39, 0.29) is 5.56 Å². The van der Waals surface area contributed by atoms with E-state index in [0.717, 1.165) is 50.1 Å². The maximum Gasteiger partial charge on any atom is 0.261 e. The van der Waals surface area contributed by atoms with Gasteiger partial charge in [-0.15, -0.1) is 0 Å². The summed E-state index contributed by atoms with van der Waals surface area (Å²) in [6, 6.07) is 15.8. The summed E-state index contributed by atoms with van der Waals surface area (Å²) < 4.78 is 1.91. The summed E-state index contributed by atoms with van der Waals surface area (Å²) in [6.07, 6.45) is 6.23. The fourth-order valence-corrected chi connectivity index (χ4v) is 4.73. The molecule has 0 spiro atoms. The van der Waals surface area contributed by atoms with E-state index < -0.39 is 0 Å². The first kappa shape index (κ1) is 20.1. The smallest absolute Gasteiger partial charge is 0.261 e. The first-order valence-corrected chi connectivity index (χ1v) is 10.9. The Kier molecular flexibility index (Phi) is 6.31. The lowest BCUT2D eigenvalue weighted by atomic mass is 9.81. The lowest BCUT2D eigenvalue weighted by Crippen LogP contribution is -2.32. The predicted molar refractivity (Wildman–Crippen MR) is 119 cm³/mol. The fourth-order valence-electron chi connectivity index (χ4n) is 4.56. The summed E-state index contributed by atoms with van der Waals surface area (Å²) >= 11 is 6.16. The minimum absolute atomic E-state index is 0.0235. The molecule has 0 aliphatic heterocycles. The minimum atomic E-state index is 0.0235. The highest BCUT2D eigenvalue weighted by molar-refractivity contribution is 6.31. The summed E-state index contributed by atoms with van der Waals surface area (Å²) in [6.45, 7) is 1.45. The van der Waals surface area contributed by atoms with Gasteiger partial charge in [0.05, 0.1) is 10.9 Å². The molecule has 3 aromatic rings. The minimum Gasteiger partial charge on any atom is -0.330 e. The predicted octanol–water partition coefficient (Wildman–Crippen LogP) is 4.60. The van der Waals surface area contributed by atoms with E-state index >= 15 is 0 Å². The van der Waals surface area contributed by atoms with Crippen molar-refractivity contribution in [1.29, 1.82) is 0 Å². The van der Waals surface area contributed by atoms with Crippen LogP contribution in [-0.2, 0) is 19.4 Å². The zero-order valence-electron chi connectivity index (χ0n) is 16.7. The molecule has 2 atom stereocenters. The van der Waals surface area contributed by atoms with Gasteiger partial charge < -0.3 is 5.73 Å². The zero-order valence-corrected chi connectivity index (χ0v) is 17.4. The molecule has 5 heteroatoms. The maximum absolute atomic E-state index is 13.4. The third kappa shape index (κ3) is 4.71. The monoisotopic (exact) mass is 409 g/mol. The van der Waals surface area contributed by atoms with Gasteiger partial charge >= 0.3 is 0 Å². The number of hydrogen-bond acceptors (Lipinski definition) is 3. The van der Waals surface area contributed by atoms with Crippen molar-refractivity contribution in [3.8, 4) is 0 Å². The molecule has 2 aromatic carbocycles. The molecule has 0 bridgehead atoms. The van der Waals surface area contributed by atoms with Gasteiger partial charge in [-0.1, -0.05) is 48.4 Å². The molecule has 2 N–H and O–H groups in total. The molecule has 152 valence electrons. The summed E-state index contributed by atoms with van der Waals surface area (Å²) in [5.41, 5.74) is 7.93. The Morgan fingerprint density at radius 3 is 2.66 bits per heavy atom. The van der Waals surface area contributed by atoms with Gasteiger partial charge in [0.25, 0.3) is 5.56 Å². The molecule has 1 fully saturated rings. The number of hydrogen-bond donors (Lipinski definition) is 1. The van der Waals surface area contributed by atoms with Crippen molar-refractivity contribution in [3.05, 3.63) is 75.3 Å². The fraction of sp³-hybridized carbons (Fsp3) is 0.417. The topological polar surface area (TPSA) is 60.9 Å². The van der Waals surface area contributed by atoms with Gasteiger partial charge in [-0.25, -0.2) is 4.98 Å². The van der Waals surface area contributed by atoms with Crippen LogP contribution in [0.4, 0.5) is 0 Å². The maximum atomic E-state index is 13.4. The highest BCUT2D eigenvalue weighted by atomic mass is 35.5. The van der Waals surface area contributed by atoms with Crippen molar-refractivity contribution < 1.29 is 0 Å². The number of aryl methyl sites for hydroxylation is 2. The number of nitrogens with two attached hydrogens (primary N) is 1. The Hall–Kier alpha value is -2.17. The van der Waals surface area contributed by atoms with E-state index in [2.05, 4.69) is 12.1 Å². The van der Waals surface area contributed by atoms with E-state index in [1.165, 1.54) is 18.4 Å². The van der Waals surface area contributed by atoms with Crippen molar-refractivity contribution in [3.63, 3.8) is 0 Å². The molecule has 1 saturated carbocycles. The van der Waals surface area contributed by atoms with Crippen molar-refractivity contribution in [2.45, 2.75) is 45.1 Å². The highest BCUT2D eigenvalue weighted by Gasteiger charge is 2.23. The van der Waals surface area contributed by atoms with Crippen molar-refractivity contribution in [1.82, 2.24) is 9.55 Å². The number of halogens is 1. The molecule has 4 rings (SSSR count). The van der Waals surface area contributed by atoms with Crippen molar-refractivity contribution in [2.75, 3.05) is 6.54 Å². The van der Waals surface area contributed by atoms with Gasteiger partial charge in [-0.05, 0) is 67.8 Å². The number of fused-ring (bicyclic) bond motifs is 1. The first-order valence-electron chi connectivity index (χ1n) is 10.6. The molecule has 1 heterocycles. The lowest BCUT2D eigenvalue weighted by Gasteiger charge is -2.29. The number of benzene rings is 2. The van der Waals surface area contributed by atoms with Gasteiger partial charge in [0.15, 0.2) is 0 Å². The Bertz CT molecular complexity index is 1030. The van der Waals surface area contributed by atoms with Crippen molar-refractivity contribution in [2.24, 2.45) is 17.6 Å². The van der Waals surface area contributed by atoms with E-state index in [1.807, 2.05) is 28.8 Å². The molecule has 0 radical (unpaired) electrons. The molecule has 4 nitrogen and oxygen atoms in total. The third-order valence-electron chi connectivity index (χ3n) is 6.14. The van der Waals surface area contributed by atoms with Crippen LogP contribution in [0.25, 0.3) is 10.9 Å². The van der Waals surface area contributed by atoms with Crippen LogP contribution in [0.1, 0.15) is 37.1 Å². The standard InChI is InChI=1S/C24H28ClN3O/c25-20-10-11-22-21(14-20)24(29)28(16-19-8-4-7-18(13-19)15-26)23(27-22)12-9-17-5-2-1-3-6-17/h1-3,5-6,10-11,14,18-19H,4,7-9,12-13,15-16,26H2. The second kappa shape index (κ2) is 9.10. The van der Waals surface area contributed by atoms with Gasteiger partial charge in [0.2, 0.25) is 0 Å². The van der Waals surface area contributed by atoms with Crippen LogP contribution < -0.4 is 11.3 Å². The Labute approximate surface area is 176 Å². The average molecular weight is 410 g/mol. The molecular formula is C24H28ClN3O. The molecule has 29 heavy (non-hydrogen) atoms. The van der Waals surface area contributed by atoms with Crippen LogP contribution in [0, 0.1) is 11.8 Å². The molecule has 0 saturated heterocycles. The molecule has 0 amide bonds. The van der Waals surface area contributed by atoms with Gasteiger partial charge in [0.1, 0.15) is 5.82 Å². The molecule has 2 unspecified atom stereocenters. The number of nitrogens with zero attached hydrogens (tertiary/aromatic N) is 2. The summed E-state index contributed by atoms with van der Waals surface area (Å²) in [5.74, 6) is 1.91. The number of aromatic nitrogens is 2. The quantitative estimate of drug-likeness (QED) is 0.647. The van der Waals surface area contributed by atoms with Crippen LogP contribution >= 0.6 is 11.6 Å². The average Bonchev–Trinajstić information content (AvgIpc) is 2.76. The molecule has 1 aliphatic carbocycles. The zero-order chi connectivity index (χ0) is 20.2. The third-order valence-corrected chi connectivity index (χ3v) is 6.38. The second-order valence-corrected chi connectivity index (χ2v) is 8.66. The molecular weight excluding hydrogens is 382 g/mol. The first-order chi connectivity index (χ1) is 14.1.